The Bertz CT molecular complexity index is 596. The molecular weight excluding hydrogens is 248 g/mol. The number of fused-ring (bicyclic) bond motifs is 3. The van der Waals surface area contributed by atoms with E-state index in [-0.39, 0.29) is 17.5 Å². The molecule has 19 heavy (non-hydrogen) atoms. The van der Waals surface area contributed by atoms with E-state index in [1.807, 2.05) is 12.2 Å². The van der Waals surface area contributed by atoms with Crippen molar-refractivity contribution in [3.8, 4) is 0 Å². The lowest BCUT2D eigenvalue weighted by Crippen LogP contribution is -2.41. The zero-order chi connectivity index (χ0) is 13.6. The van der Waals surface area contributed by atoms with E-state index in [2.05, 4.69) is 5.32 Å². The summed E-state index contributed by atoms with van der Waals surface area (Å²) in [6.07, 6.45) is 4.57. The van der Waals surface area contributed by atoms with Gasteiger partial charge < -0.3 is 10.4 Å². The fraction of sp³-hybridized carbons (Fsp3) is 0.308. The monoisotopic (exact) mass is 260 g/mol. The molecule has 3 rings (SSSR count). The van der Waals surface area contributed by atoms with E-state index in [0.717, 1.165) is 5.56 Å². The Morgan fingerprint density at radius 1 is 1.47 bits per heavy atom. The first kappa shape index (κ1) is 11.7. The highest BCUT2D eigenvalue weighted by atomic mass is 16.6. The quantitative estimate of drug-likeness (QED) is 0.482. The van der Waals surface area contributed by atoms with Crippen LogP contribution in [0.25, 0.3) is 0 Å². The Morgan fingerprint density at radius 2 is 2.26 bits per heavy atom. The van der Waals surface area contributed by atoms with Crippen LogP contribution in [-0.2, 0) is 4.79 Å². The number of hydrogen-bond acceptors (Lipinski definition) is 4. The Hall–Kier alpha value is -2.37. The fourth-order valence-corrected chi connectivity index (χ4v) is 2.94. The molecule has 1 heterocycles. The Morgan fingerprint density at radius 3 is 2.95 bits per heavy atom. The minimum absolute atomic E-state index is 0.0355. The van der Waals surface area contributed by atoms with Gasteiger partial charge in [0.2, 0.25) is 0 Å². The van der Waals surface area contributed by atoms with E-state index < -0.39 is 16.9 Å². The number of benzene rings is 1. The third-order valence-electron chi connectivity index (χ3n) is 3.82. The second kappa shape index (κ2) is 4.08. The average Bonchev–Trinajstić information content (AvgIpc) is 2.86. The first-order valence-electron chi connectivity index (χ1n) is 6.02. The second-order valence-electron chi connectivity index (χ2n) is 4.84. The van der Waals surface area contributed by atoms with Gasteiger partial charge in [-0.3, -0.25) is 10.1 Å². The van der Waals surface area contributed by atoms with Crippen LogP contribution in [0.2, 0.25) is 0 Å². The summed E-state index contributed by atoms with van der Waals surface area (Å²) in [7, 11) is 0. The number of hydrogen-bond donors (Lipinski definition) is 2. The molecule has 0 radical (unpaired) electrons. The molecule has 0 bridgehead atoms. The van der Waals surface area contributed by atoms with Crippen molar-refractivity contribution in [1.82, 2.24) is 0 Å². The molecule has 6 heteroatoms. The molecule has 1 aromatic rings. The third kappa shape index (κ3) is 1.76. The standard InChI is InChI=1S/C13H12N2O4/c16-13(17)12-9-3-1-2-8(9)10-6-7(15(18)19)4-5-11(10)14-12/h1-2,4-6,8-9,12,14H,3H2,(H,16,17)/t8-,9-,12-/m1/s1. The van der Waals surface area contributed by atoms with E-state index in [9.17, 15) is 20.0 Å². The lowest BCUT2D eigenvalue weighted by Gasteiger charge is -2.34. The van der Waals surface area contributed by atoms with Crippen molar-refractivity contribution in [2.24, 2.45) is 5.92 Å². The molecule has 2 aliphatic rings. The van der Waals surface area contributed by atoms with Crippen LogP contribution < -0.4 is 5.32 Å². The maximum atomic E-state index is 11.3. The first-order valence-corrected chi connectivity index (χ1v) is 6.02. The van der Waals surface area contributed by atoms with Crippen molar-refractivity contribution in [2.75, 3.05) is 5.32 Å². The molecule has 3 atom stereocenters. The van der Waals surface area contributed by atoms with Crippen LogP contribution in [0.3, 0.4) is 0 Å². The Labute approximate surface area is 108 Å². The summed E-state index contributed by atoms with van der Waals surface area (Å²) in [5.74, 6) is -1.02. The van der Waals surface area contributed by atoms with Gasteiger partial charge in [-0.15, -0.1) is 0 Å². The summed E-state index contributed by atoms with van der Waals surface area (Å²) < 4.78 is 0. The highest BCUT2D eigenvalue weighted by molar-refractivity contribution is 5.81. The van der Waals surface area contributed by atoms with Crippen LogP contribution in [0.1, 0.15) is 17.9 Å². The summed E-state index contributed by atoms with van der Waals surface area (Å²) in [5, 5.41) is 23.1. The van der Waals surface area contributed by atoms with Gasteiger partial charge in [0.25, 0.3) is 5.69 Å². The number of nitrogens with one attached hydrogen (secondary N) is 1. The summed E-state index contributed by atoms with van der Waals surface area (Å²) in [4.78, 5) is 21.7. The molecule has 98 valence electrons. The van der Waals surface area contributed by atoms with Crippen LogP contribution in [0, 0.1) is 16.0 Å². The minimum atomic E-state index is -0.886. The topological polar surface area (TPSA) is 92.5 Å². The number of carboxylic acids is 1. The fourth-order valence-electron chi connectivity index (χ4n) is 2.94. The van der Waals surface area contributed by atoms with Gasteiger partial charge in [0.05, 0.1) is 4.92 Å². The van der Waals surface area contributed by atoms with Crippen molar-refractivity contribution in [3.05, 3.63) is 46.0 Å². The number of rotatable bonds is 2. The number of allylic oxidation sites excluding steroid dienone is 2. The van der Waals surface area contributed by atoms with Crippen LogP contribution in [0.15, 0.2) is 30.4 Å². The van der Waals surface area contributed by atoms with Crippen molar-refractivity contribution < 1.29 is 14.8 Å². The SMILES string of the molecule is O=C(O)[C@@H]1Nc2ccc([N+](=O)[O-])cc2[C@@H]2C=CC[C@@H]12. The molecule has 1 aromatic carbocycles. The van der Waals surface area contributed by atoms with Crippen LogP contribution >= 0.6 is 0 Å². The number of carbonyl (C=O) groups is 1. The third-order valence-corrected chi connectivity index (χ3v) is 3.82. The molecule has 0 saturated carbocycles. The summed E-state index contributed by atoms with van der Waals surface area (Å²) in [6.45, 7) is 0. The van der Waals surface area contributed by atoms with Gasteiger partial charge in [-0.05, 0) is 18.1 Å². The molecule has 6 nitrogen and oxygen atoms in total. The molecule has 1 aliphatic heterocycles. The zero-order valence-electron chi connectivity index (χ0n) is 9.95. The molecule has 0 fully saturated rings. The van der Waals surface area contributed by atoms with E-state index in [0.29, 0.717) is 12.1 Å². The molecule has 1 aliphatic carbocycles. The van der Waals surface area contributed by atoms with E-state index in [1.165, 1.54) is 12.1 Å². The van der Waals surface area contributed by atoms with Crippen molar-refractivity contribution in [3.63, 3.8) is 0 Å². The molecule has 2 N–H and O–H groups in total. The molecule has 0 unspecified atom stereocenters. The number of nitrogens with zero attached hydrogens (tertiary/aromatic N) is 1. The number of carboxylic acid groups (broad SMARTS) is 1. The summed E-state index contributed by atoms with van der Waals surface area (Å²) in [6, 6.07) is 3.87. The van der Waals surface area contributed by atoms with Crippen LogP contribution in [-0.4, -0.2) is 22.0 Å². The normalized spacial score (nSPS) is 27.3. The Kier molecular flexibility index (Phi) is 2.51. The van der Waals surface area contributed by atoms with Gasteiger partial charge in [-0.1, -0.05) is 12.2 Å². The lowest BCUT2D eigenvalue weighted by atomic mass is 9.79. The smallest absolute Gasteiger partial charge is 0.326 e. The highest BCUT2D eigenvalue weighted by Gasteiger charge is 2.41. The summed E-state index contributed by atoms with van der Waals surface area (Å²) in [5.41, 5.74) is 1.52. The van der Waals surface area contributed by atoms with E-state index >= 15 is 0 Å². The van der Waals surface area contributed by atoms with Crippen LogP contribution in [0.5, 0.6) is 0 Å². The molecule has 0 saturated heterocycles. The van der Waals surface area contributed by atoms with Crippen LogP contribution in [0.4, 0.5) is 11.4 Å². The van der Waals surface area contributed by atoms with Gasteiger partial charge in [-0.2, -0.15) is 0 Å². The maximum absolute atomic E-state index is 11.3. The number of nitro benzene ring substituents is 1. The molecule has 0 amide bonds. The second-order valence-corrected chi connectivity index (χ2v) is 4.84. The minimum Gasteiger partial charge on any atom is -0.480 e. The lowest BCUT2D eigenvalue weighted by molar-refractivity contribution is -0.384. The number of aliphatic carboxylic acids is 1. The van der Waals surface area contributed by atoms with Gasteiger partial charge >= 0.3 is 5.97 Å². The predicted molar refractivity (Wildman–Crippen MR) is 68.1 cm³/mol. The molecular formula is C13H12N2O4. The zero-order valence-corrected chi connectivity index (χ0v) is 9.95. The van der Waals surface area contributed by atoms with Gasteiger partial charge in [0, 0.05) is 29.7 Å². The summed E-state index contributed by atoms with van der Waals surface area (Å²) >= 11 is 0. The van der Waals surface area contributed by atoms with Gasteiger partial charge in [0.1, 0.15) is 6.04 Å². The predicted octanol–water partition coefficient (Wildman–Crippen LogP) is 2.13. The maximum Gasteiger partial charge on any atom is 0.326 e. The molecule has 0 aromatic heterocycles. The van der Waals surface area contributed by atoms with Gasteiger partial charge in [0.15, 0.2) is 0 Å². The highest BCUT2D eigenvalue weighted by Crippen LogP contribution is 2.45. The first-order chi connectivity index (χ1) is 9.08. The largest absolute Gasteiger partial charge is 0.480 e. The van der Waals surface area contributed by atoms with Crippen molar-refractivity contribution >= 4 is 17.3 Å². The Balaban J connectivity index is 2.08. The number of nitro groups is 1. The van der Waals surface area contributed by atoms with E-state index in [1.54, 1.807) is 6.07 Å². The average molecular weight is 260 g/mol. The van der Waals surface area contributed by atoms with Crippen molar-refractivity contribution in [1.29, 1.82) is 0 Å². The van der Waals surface area contributed by atoms with Gasteiger partial charge in [-0.25, -0.2) is 4.79 Å². The number of non-ortho nitro benzene ring substituents is 1. The van der Waals surface area contributed by atoms with Crippen molar-refractivity contribution in [2.45, 2.75) is 18.4 Å². The molecule has 0 spiro atoms. The number of anilines is 1. The van der Waals surface area contributed by atoms with E-state index in [4.69, 9.17) is 0 Å².